The number of aliphatic imine (C=N–C) groups is 1. The molecular formula is C17H20N2O. The maximum absolute atomic E-state index is 5.73. The highest BCUT2D eigenvalue weighted by Gasteiger charge is 2.20. The molecule has 3 nitrogen and oxygen atoms in total. The van der Waals surface area contributed by atoms with Crippen LogP contribution >= 0.6 is 0 Å². The van der Waals surface area contributed by atoms with Gasteiger partial charge in [-0.2, -0.15) is 0 Å². The van der Waals surface area contributed by atoms with E-state index in [1.165, 1.54) is 11.1 Å². The van der Waals surface area contributed by atoms with Crippen LogP contribution < -0.4 is 0 Å². The van der Waals surface area contributed by atoms with Crippen LogP contribution in [0.25, 0.3) is 0 Å². The summed E-state index contributed by atoms with van der Waals surface area (Å²) < 4.78 is 7.92. The molecule has 3 heteroatoms. The first-order valence-corrected chi connectivity index (χ1v) is 7.18. The van der Waals surface area contributed by atoms with Crippen LogP contribution in [0.3, 0.4) is 0 Å². The Balaban J connectivity index is 1.82. The van der Waals surface area contributed by atoms with Crippen LogP contribution in [0, 0.1) is 6.92 Å². The lowest BCUT2D eigenvalue weighted by molar-refractivity contribution is 0.313. The average Bonchev–Trinajstić information content (AvgIpc) is 3.09. The van der Waals surface area contributed by atoms with E-state index in [0.29, 0.717) is 12.6 Å². The van der Waals surface area contributed by atoms with Gasteiger partial charge in [-0.3, -0.25) is 0 Å². The van der Waals surface area contributed by atoms with Gasteiger partial charge in [0.05, 0.1) is 6.04 Å². The van der Waals surface area contributed by atoms with E-state index in [9.17, 15) is 0 Å². The molecule has 1 aromatic carbocycles. The molecule has 20 heavy (non-hydrogen) atoms. The van der Waals surface area contributed by atoms with Crippen molar-refractivity contribution >= 4 is 5.90 Å². The highest BCUT2D eigenvalue weighted by atomic mass is 16.5. The molecule has 1 aliphatic heterocycles. The van der Waals surface area contributed by atoms with E-state index in [0.717, 1.165) is 24.6 Å². The van der Waals surface area contributed by atoms with Crippen molar-refractivity contribution in [1.29, 1.82) is 0 Å². The molecule has 0 bridgehead atoms. The van der Waals surface area contributed by atoms with Gasteiger partial charge in [0.2, 0.25) is 5.90 Å². The first-order valence-electron chi connectivity index (χ1n) is 7.18. The summed E-state index contributed by atoms with van der Waals surface area (Å²) in [4.78, 5) is 4.64. The van der Waals surface area contributed by atoms with Crippen molar-refractivity contribution in [2.45, 2.75) is 32.9 Å². The largest absolute Gasteiger partial charge is 0.474 e. The molecule has 0 radical (unpaired) electrons. The van der Waals surface area contributed by atoms with E-state index in [-0.39, 0.29) is 0 Å². The zero-order valence-corrected chi connectivity index (χ0v) is 12.0. The molecule has 1 aliphatic rings. The number of ether oxygens (including phenoxy) is 1. The average molecular weight is 268 g/mol. The molecule has 0 saturated carbocycles. The Hall–Kier alpha value is -2.03. The fraction of sp³-hybridized carbons (Fsp3) is 0.353. The lowest BCUT2D eigenvalue weighted by Crippen LogP contribution is -2.10. The van der Waals surface area contributed by atoms with E-state index in [2.05, 4.69) is 66.0 Å². The Bertz CT molecular complexity index is 610. The third-order valence-corrected chi connectivity index (χ3v) is 3.71. The predicted molar refractivity (Wildman–Crippen MR) is 81.3 cm³/mol. The number of hydrogen-bond donors (Lipinski definition) is 0. The fourth-order valence-corrected chi connectivity index (χ4v) is 2.40. The zero-order valence-electron chi connectivity index (χ0n) is 12.0. The predicted octanol–water partition coefficient (Wildman–Crippen LogP) is 3.40. The minimum Gasteiger partial charge on any atom is -0.474 e. The maximum atomic E-state index is 5.73. The Morgan fingerprint density at radius 2 is 2.05 bits per heavy atom. The summed E-state index contributed by atoms with van der Waals surface area (Å²) in [6.07, 6.45) is 3.11. The lowest BCUT2D eigenvalue weighted by atomic mass is 10.1. The molecule has 3 rings (SSSR count). The second kappa shape index (κ2) is 5.53. The minimum absolute atomic E-state index is 0.313. The molecule has 104 valence electrons. The van der Waals surface area contributed by atoms with Crippen LogP contribution in [0.5, 0.6) is 0 Å². The number of rotatable bonds is 4. The van der Waals surface area contributed by atoms with Crippen molar-refractivity contribution in [1.82, 2.24) is 4.57 Å². The van der Waals surface area contributed by atoms with Gasteiger partial charge in [0.25, 0.3) is 0 Å². The summed E-state index contributed by atoms with van der Waals surface area (Å²) in [6, 6.07) is 13.1. The van der Waals surface area contributed by atoms with E-state index < -0.39 is 0 Å². The van der Waals surface area contributed by atoms with Gasteiger partial charge >= 0.3 is 0 Å². The molecule has 0 N–H and O–H groups in total. The van der Waals surface area contributed by atoms with E-state index in [1.807, 2.05) is 0 Å². The molecule has 0 saturated heterocycles. The fourth-order valence-electron chi connectivity index (χ4n) is 2.40. The van der Waals surface area contributed by atoms with Crippen LogP contribution in [0.2, 0.25) is 0 Å². The van der Waals surface area contributed by atoms with Crippen LogP contribution in [0.1, 0.15) is 30.2 Å². The first kappa shape index (κ1) is 13.0. The number of aryl methyl sites for hydroxylation is 1. The Kier molecular flexibility index (Phi) is 3.59. The van der Waals surface area contributed by atoms with Crippen molar-refractivity contribution in [3.8, 4) is 0 Å². The third-order valence-electron chi connectivity index (χ3n) is 3.71. The molecule has 0 amide bonds. The Labute approximate surface area is 119 Å². The summed E-state index contributed by atoms with van der Waals surface area (Å²) >= 11 is 0. The summed E-state index contributed by atoms with van der Waals surface area (Å²) in [7, 11) is 0. The van der Waals surface area contributed by atoms with Crippen molar-refractivity contribution < 1.29 is 4.74 Å². The second-order valence-corrected chi connectivity index (χ2v) is 5.31. The molecule has 1 atom stereocenters. The standard InChI is InChI=1S/C17H20N2O/c1-3-15-12-20-17(18-15)16-5-4-10-19(16)11-14-8-6-13(2)7-9-14/h4-10,15H,3,11-12H2,1-2H3. The maximum Gasteiger partial charge on any atom is 0.233 e. The summed E-state index contributed by atoms with van der Waals surface area (Å²) in [6.45, 7) is 5.81. The molecule has 0 fully saturated rings. The van der Waals surface area contributed by atoms with Crippen molar-refractivity contribution in [3.63, 3.8) is 0 Å². The van der Waals surface area contributed by atoms with Crippen LogP contribution in [0.15, 0.2) is 47.6 Å². The van der Waals surface area contributed by atoms with Gasteiger partial charge in [-0.15, -0.1) is 0 Å². The van der Waals surface area contributed by atoms with E-state index >= 15 is 0 Å². The topological polar surface area (TPSA) is 26.5 Å². The number of nitrogens with zero attached hydrogens (tertiary/aromatic N) is 2. The van der Waals surface area contributed by atoms with Gasteiger partial charge in [-0.05, 0) is 31.0 Å². The van der Waals surface area contributed by atoms with Gasteiger partial charge in [-0.1, -0.05) is 36.8 Å². The molecular weight excluding hydrogens is 248 g/mol. The van der Waals surface area contributed by atoms with Crippen LogP contribution in [-0.2, 0) is 11.3 Å². The van der Waals surface area contributed by atoms with Crippen LogP contribution in [-0.4, -0.2) is 23.1 Å². The summed E-state index contributed by atoms with van der Waals surface area (Å²) in [5.74, 6) is 0.786. The Morgan fingerprint density at radius 3 is 2.75 bits per heavy atom. The molecule has 1 unspecified atom stereocenters. The van der Waals surface area contributed by atoms with Crippen molar-refractivity contribution in [2.24, 2.45) is 4.99 Å². The highest BCUT2D eigenvalue weighted by molar-refractivity contribution is 5.93. The Morgan fingerprint density at radius 1 is 1.25 bits per heavy atom. The zero-order chi connectivity index (χ0) is 13.9. The smallest absolute Gasteiger partial charge is 0.233 e. The second-order valence-electron chi connectivity index (χ2n) is 5.31. The number of benzene rings is 1. The van der Waals surface area contributed by atoms with Crippen molar-refractivity contribution in [3.05, 3.63) is 59.4 Å². The first-order chi connectivity index (χ1) is 9.76. The third kappa shape index (κ3) is 2.62. The van der Waals surface area contributed by atoms with Crippen LogP contribution in [0.4, 0.5) is 0 Å². The normalized spacial score (nSPS) is 17.9. The van der Waals surface area contributed by atoms with E-state index in [1.54, 1.807) is 0 Å². The van der Waals surface area contributed by atoms with E-state index in [4.69, 9.17) is 4.74 Å². The molecule has 2 heterocycles. The summed E-state index contributed by atoms with van der Waals surface area (Å²) in [5, 5.41) is 0. The quantitative estimate of drug-likeness (QED) is 0.834. The van der Waals surface area contributed by atoms with Gasteiger partial charge in [0.1, 0.15) is 12.3 Å². The van der Waals surface area contributed by atoms with Gasteiger partial charge in [0, 0.05) is 12.7 Å². The molecule has 0 aliphatic carbocycles. The minimum atomic E-state index is 0.313. The summed E-state index contributed by atoms with van der Waals surface area (Å²) in [5.41, 5.74) is 3.65. The van der Waals surface area contributed by atoms with Gasteiger partial charge in [-0.25, -0.2) is 4.99 Å². The number of hydrogen-bond acceptors (Lipinski definition) is 2. The van der Waals surface area contributed by atoms with Gasteiger partial charge < -0.3 is 9.30 Å². The molecule has 0 spiro atoms. The molecule has 1 aromatic heterocycles. The number of aromatic nitrogens is 1. The highest BCUT2D eigenvalue weighted by Crippen LogP contribution is 2.16. The van der Waals surface area contributed by atoms with Crippen molar-refractivity contribution in [2.75, 3.05) is 6.61 Å². The monoisotopic (exact) mass is 268 g/mol. The molecule has 2 aromatic rings. The lowest BCUT2D eigenvalue weighted by Gasteiger charge is -2.09. The SMILES string of the molecule is CCC1COC(c2cccn2Cc2ccc(C)cc2)=N1. The van der Waals surface area contributed by atoms with Gasteiger partial charge in [0.15, 0.2) is 0 Å².